The normalized spacial score (nSPS) is 17.5. The average molecular weight is 317 g/mol. The van der Waals surface area contributed by atoms with Crippen LogP contribution in [0.4, 0.5) is 0 Å². The van der Waals surface area contributed by atoms with Crippen LogP contribution in [-0.2, 0) is 16.1 Å². The fourth-order valence-corrected chi connectivity index (χ4v) is 2.03. The number of amides is 1. The Hall–Kier alpha value is -1.50. The molecule has 1 heterocycles. The number of methoxy groups -OCH3 is 2. The Bertz CT molecular complexity index is 464. The summed E-state index contributed by atoms with van der Waals surface area (Å²) in [4.78, 5) is 12.0. The minimum Gasteiger partial charge on any atom is -0.497 e. The molecular formula is C14H21ClN2O4. The highest BCUT2D eigenvalue weighted by atomic mass is 35.5. The van der Waals surface area contributed by atoms with Gasteiger partial charge in [0.25, 0.3) is 5.91 Å². The van der Waals surface area contributed by atoms with E-state index in [2.05, 4.69) is 10.6 Å². The van der Waals surface area contributed by atoms with Crippen molar-refractivity contribution in [1.82, 2.24) is 10.6 Å². The average Bonchev–Trinajstić information content (AvgIpc) is 2.53. The smallest absolute Gasteiger partial charge is 0.250 e. The molecule has 0 radical (unpaired) electrons. The molecule has 1 unspecified atom stereocenters. The molecule has 118 valence electrons. The number of ether oxygens (including phenoxy) is 3. The third-order valence-corrected chi connectivity index (χ3v) is 3.17. The maximum Gasteiger partial charge on any atom is 0.250 e. The SMILES string of the molecule is COc1ccc(CNC(=O)C2CNCCO2)c(OC)c1.Cl. The quantitative estimate of drug-likeness (QED) is 0.838. The molecule has 21 heavy (non-hydrogen) atoms. The molecule has 7 heteroatoms. The number of morpholine rings is 1. The summed E-state index contributed by atoms with van der Waals surface area (Å²) in [5, 5.41) is 5.98. The minimum atomic E-state index is -0.423. The molecule has 6 nitrogen and oxygen atoms in total. The van der Waals surface area contributed by atoms with Crippen LogP contribution in [0.3, 0.4) is 0 Å². The summed E-state index contributed by atoms with van der Waals surface area (Å²) in [6.07, 6.45) is -0.423. The number of hydrogen-bond acceptors (Lipinski definition) is 5. The topological polar surface area (TPSA) is 68.8 Å². The summed E-state index contributed by atoms with van der Waals surface area (Å²) < 4.78 is 15.8. The number of hydrogen-bond donors (Lipinski definition) is 2. The predicted octanol–water partition coefficient (Wildman–Crippen LogP) is 0.730. The molecule has 0 saturated carbocycles. The number of nitrogens with one attached hydrogen (secondary N) is 2. The van der Waals surface area contributed by atoms with Gasteiger partial charge in [-0.1, -0.05) is 0 Å². The van der Waals surface area contributed by atoms with E-state index in [0.29, 0.717) is 25.4 Å². The highest BCUT2D eigenvalue weighted by molar-refractivity contribution is 5.85. The fourth-order valence-electron chi connectivity index (χ4n) is 2.03. The van der Waals surface area contributed by atoms with Crippen LogP contribution in [-0.4, -0.2) is 45.9 Å². The molecule has 1 aromatic carbocycles. The predicted molar refractivity (Wildman–Crippen MR) is 81.3 cm³/mol. The van der Waals surface area contributed by atoms with Crippen LogP contribution in [0.25, 0.3) is 0 Å². The molecule has 0 aliphatic carbocycles. The molecular weight excluding hydrogens is 296 g/mol. The van der Waals surface area contributed by atoms with E-state index >= 15 is 0 Å². The van der Waals surface area contributed by atoms with E-state index in [0.717, 1.165) is 17.9 Å². The number of carbonyl (C=O) groups is 1. The van der Waals surface area contributed by atoms with Gasteiger partial charge in [-0.05, 0) is 12.1 Å². The van der Waals surface area contributed by atoms with Gasteiger partial charge in [0.05, 0.1) is 20.8 Å². The standard InChI is InChI=1S/C14H20N2O4.ClH/c1-18-11-4-3-10(12(7-11)19-2)8-16-14(17)13-9-15-5-6-20-13;/h3-4,7,13,15H,5-6,8-9H2,1-2H3,(H,16,17);1H. The lowest BCUT2D eigenvalue weighted by Gasteiger charge is -2.22. The molecule has 0 spiro atoms. The van der Waals surface area contributed by atoms with Gasteiger partial charge in [0, 0.05) is 31.3 Å². The van der Waals surface area contributed by atoms with E-state index in [1.165, 1.54) is 0 Å². The highest BCUT2D eigenvalue weighted by Crippen LogP contribution is 2.24. The van der Waals surface area contributed by atoms with E-state index in [9.17, 15) is 4.79 Å². The van der Waals surface area contributed by atoms with Crippen molar-refractivity contribution in [3.05, 3.63) is 23.8 Å². The molecule has 1 atom stereocenters. The van der Waals surface area contributed by atoms with E-state index < -0.39 is 6.10 Å². The summed E-state index contributed by atoms with van der Waals surface area (Å²) in [7, 11) is 3.19. The van der Waals surface area contributed by atoms with Crippen molar-refractivity contribution in [3.63, 3.8) is 0 Å². The highest BCUT2D eigenvalue weighted by Gasteiger charge is 2.21. The lowest BCUT2D eigenvalue weighted by atomic mass is 10.2. The Morgan fingerprint density at radius 1 is 1.43 bits per heavy atom. The summed E-state index contributed by atoms with van der Waals surface area (Å²) in [6, 6.07) is 5.50. The molecule has 1 aliphatic heterocycles. The number of carbonyl (C=O) groups excluding carboxylic acids is 1. The number of halogens is 1. The largest absolute Gasteiger partial charge is 0.497 e. The second-order valence-corrected chi connectivity index (χ2v) is 4.46. The summed E-state index contributed by atoms with van der Waals surface area (Å²) in [5.74, 6) is 1.29. The van der Waals surface area contributed by atoms with Gasteiger partial charge in [0.1, 0.15) is 17.6 Å². The third-order valence-electron chi connectivity index (χ3n) is 3.17. The van der Waals surface area contributed by atoms with Crippen LogP contribution >= 0.6 is 12.4 Å². The van der Waals surface area contributed by atoms with Gasteiger partial charge in [-0.2, -0.15) is 0 Å². The summed E-state index contributed by atoms with van der Waals surface area (Å²) in [5.41, 5.74) is 0.894. The first-order chi connectivity index (χ1) is 9.74. The zero-order valence-electron chi connectivity index (χ0n) is 12.2. The van der Waals surface area contributed by atoms with Crippen molar-refractivity contribution in [2.45, 2.75) is 12.6 Å². The molecule has 1 saturated heterocycles. The second kappa shape index (κ2) is 8.71. The molecule has 1 fully saturated rings. The Morgan fingerprint density at radius 2 is 2.24 bits per heavy atom. The first-order valence-corrected chi connectivity index (χ1v) is 6.55. The minimum absolute atomic E-state index is 0. The molecule has 2 N–H and O–H groups in total. The van der Waals surface area contributed by atoms with Gasteiger partial charge < -0.3 is 24.8 Å². The van der Waals surface area contributed by atoms with Crippen LogP contribution in [0.2, 0.25) is 0 Å². The van der Waals surface area contributed by atoms with Crippen LogP contribution in [0.5, 0.6) is 11.5 Å². The first-order valence-electron chi connectivity index (χ1n) is 6.55. The number of benzene rings is 1. The zero-order valence-corrected chi connectivity index (χ0v) is 13.0. The fraction of sp³-hybridized carbons (Fsp3) is 0.500. The van der Waals surface area contributed by atoms with Crippen LogP contribution in [0.1, 0.15) is 5.56 Å². The molecule has 0 aromatic heterocycles. The van der Waals surface area contributed by atoms with Crippen LogP contribution < -0.4 is 20.1 Å². The molecule has 1 aromatic rings. The Labute approximate surface area is 130 Å². The van der Waals surface area contributed by atoms with Gasteiger partial charge in [0.15, 0.2) is 0 Å². The summed E-state index contributed by atoms with van der Waals surface area (Å²) in [6.45, 7) is 2.29. The van der Waals surface area contributed by atoms with Gasteiger partial charge in [0.2, 0.25) is 0 Å². The maximum absolute atomic E-state index is 12.0. The van der Waals surface area contributed by atoms with Crippen molar-refractivity contribution < 1.29 is 19.0 Å². The van der Waals surface area contributed by atoms with E-state index in [1.54, 1.807) is 20.3 Å². The van der Waals surface area contributed by atoms with Crippen molar-refractivity contribution in [2.24, 2.45) is 0 Å². The lowest BCUT2D eigenvalue weighted by Crippen LogP contribution is -2.47. The zero-order chi connectivity index (χ0) is 14.4. The Balaban J connectivity index is 0.00000220. The first kappa shape index (κ1) is 17.6. The van der Waals surface area contributed by atoms with Gasteiger partial charge >= 0.3 is 0 Å². The molecule has 1 amide bonds. The maximum atomic E-state index is 12.0. The van der Waals surface area contributed by atoms with E-state index in [-0.39, 0.29) is 18.3 Å². The molecule has 1 aliphatic rings. The second-order valence-electron chi connectivity index (χ2n) is 4.46. The van der Waals surface area contributed by atoms with Crippen molar-refractivity contribution in [3.8, 4) is 11.5 Å². The van der Waals surface area contributed by atoms with Gasteiger partial charge in [-0.15, -0.1) is 12.4 Å². The monoisotopic (exact) mass is 316 g/mol. The van der Waals surface area contributed by atoms with Gasteiger partial charge in [-0.3, -0.25) is 4.79 Å². The van der Waals surface area contributed by atoms with Crippen molar-refractivity contribution in [2.75, 3.05) is 33.9 Å². The summed E-state index contributed by atoms with van der Waals surface area (Å²) >= 11 is 0. The Kier molecular flexibility index (Phi) is 7.28. The van der Waals surface area contributed by atoms with Crippen LogP contribution in [0.15, 0.2) is 18.2 Å². The van der Waals surface area contributed by atoms with Crippen molar-refractivity contribution >= 4 is 18.3 Å². The number of rotatable bonds is 5. The van der Waals surface area contributed by atoms with Crippen molar-refractivity contribution in [1.29, 1.82) is 0 Å². The lowest BCUT2D eigenvalue weighted by molar-refractivity contribution is -0.134. The Morgan fingerprint density at radius 3 is 2.86 bits per heavy atom. The molecule has 0 bridgehead atoms. The third kappa shape index (κ3) is 4.77. The van der Waals surface area contributed by atoms with Gasteiger partial charge in [-0.25, -0.2) is 0 Å². The molecule has 2 rings (SSSR count). The van der Waals surface area contributed by atoms with E-state index in [1.807, 2.05) is 12.1 Å². The van der Waals surface area contributed by atoms with Crippen LogP contribution in [0, 0.1) is 0 Å². The van der Waals surface area contributed by atoms with E-state index in [4.69, 9.17) is 14.2 Å².